The van der Waals surface area contributed by atoms with E-state index in [2.05, 4.69) is 25.6 Å². The Bertz CT molecular complexity index is 1900. The quantitative estimate of drug-likeness (QED) is 0.335. The molecule has 0 aliphatic carbocycles. The molecule has 10 nitrogen and oxygen atoms in total. The van der Waals surface area contributed by atoms with Crippen LogP contribution in [-0.2, 0) is 11.3 Å². The van der Waals surface area contributed by atoms with E-state index < -0.39 is 5.97 Å². The van der Waals surface area contributed by atoms with Gasteiger partial charge in [0.2, 0.25) is 5.82 Å². The standard InChI is InChI=1S/C28H22N6O4/c1-3-38-28-29-23-10-6-9-20(27(36)37-2)24(23)34(28)15-16-11-12-19-21(13-16)25(35)18-8-5-4-7-17(18)14-22(19)26-30-32-33-31-26/h4-14H,3,15H2,1-2H3,(H,30,31,32,33). The van der Waals surface area contributed by atoms with Gasteiger partial charge >= 0.3 is 5.97 Å². The first kappa shape index (κ1) is 23.3. The van der Waals surface area contributed by atoms with Crippen molar-refractivity contribution in [3.05, 3.63) is 88.1 Å². The number of tetrazole rings is 1. The molecular formula is C28H22N6O4. The van der Waals surface area contributed by atoms with Gasteiger partial charge in [-0.1, -0.05) is 42.5 Å². The molecule has 0 atom stereocenters. The molecule has 0 radical (unpaired) electrons. The number of nitrogens with zero attached hydrogens (tertiary/aromatic N) is 5. The van der Waals surface area contributed by atoms with Gasteiger partial charge in [-0.3, -0.25) is 9.36 Å². The van der Waals surface area contributed by atoms with Gasteiger partial charge in [-0.2, -0.15) is 10.2 Å². The van der Waals surface area contributed by atoms with Gasteiger partial charge in [0.05, 0.1) is 36.9 Å². The van der Waals surface area contributed by atoms with E-state index in [0.29, 0.717) is 63.3 Å². The Morgan fingerprint density at radius 2 is 1.87 bits per heavy atom. The molecular weight excluding hydrogens is 484 g/mol. The number of H-pyrrole nitrogens is 1. The number of para-hydroxylation sites is 1. The van der Waals surface area contributed by atoms with Crippen molar-refractivity contribution in [3.8, 4) is 17.4 Å². The van der Waals surface area contributed by atoms with Gasteiger partial charge in [-0.05, 0) is 52.7 Å². The minimum absolute atomic E-state index is 0.108. The number of hydrogen-bond donors (Lipinski definition) is 1. The minimum atomic E-state index is -0.469. The third kappa shape index (κ3) is 3.83. The molecule has 6 rings (SSSR count). The maximum atomic E-state index is 13.8. The second-order valence-electron chi connectivity index (χ2n) is 8.67. The maximum Gasteiger partial charge on any atom is 0.340 e. The molecule has 2 heterocycles. The Kier molecular flexibility index (Phi) is 5.76. The van der Waals surface area contributed by atoms with Gasteiger partial charge in [0.25, 0.3) is 6.01 Å². The molecule has 0 aliphatic rings. The summed E-state index contributed by atoms with van der Waals surface area (Å²) in [5, 5.41) is 17.1. The molecule has 0 fully saturated rings. The fourth-order valence-corrected chi connectivity index (χ4v) is 4.79. The van der Waals surface area contributed by atoms with Crippen molar-refractivity contribution in [2.45, 2.75) is 13.5 Å². The number of methoxy groups -OCH3 is 1. The number of ether oxygens (including phenoxy) is 2. The molecule has 0 spiro atoms. The number of fused-ring (bicyclic) bond motifs is 3. The van der Waals surface area contributed by atoms with Gasteiger partial charge in [-0.15, -0.1) is 10.2 Å². The van der Waals surface area contributed by atoms with Gasteiger partial charge in [0, 0.05) is 16.3 Å². The summed E-state index contributed by atoms with van der Waals surface area (Å²) in [7, 11) is 1.34. The van der Waals surface area contributed by atoms with Crippen LogP contribution in [0.25, 0.3) is 44.0 Å². The highest BCUT2D eigenvalue weighted by Crippen LogP contribution is 2.30. The van der Waals surface area contributed by atoms with Crippen molar-refractivity contribution in [2.24, 2.45) is 0 Å². The van der Waals surface area contributed by atoms with E-state index in [9.17, 15) is 9.59 Å². The summed E-state index contributed by atoms with van der Waals surface area (Å²) in [6, 6.07) is 20.6. The lowest BCUT2D eigenvalue weighted by molar-refractivity contribution is 0.0602. The Labute approximate surface area is 215 Å². The first-order valence-electron chi connectivity index (χ1n) is 12.0. The first-order chi connectivity index (χ1) is 18.6. The van der Waals surface area contributed by atoms with Crippen molar-refractivity contribution < 1.29 is 14.3 Å². The second-order valence-corrected chi connectivity index (χ2v) is 8.67. The van der Waals surface area contributed by atoms with Crippen LogP contribution in [0.5, 0.6) is 6.01 Å². The normalized spacial score (nSPS) is 11.3. The average molecular weight is 507 g/mol. The van der Waals surface area contributed by atoms with Crippen LogP contribution >= 0.6 is 0 Å². The summed E-state index contributed by atoms with van der Waals surface area (Å²) in [5.41, 5.74) is 2.99. The van der Waals surface area contributed by atoms with E-state index in [-0.39, 0.29) is 5.43 Å². The Hall–Kier alpha value is -5.12. The van der Waals surface area contributed by atoms with Gasteiger partial charge in [-0.25, -0.2) is 4.79 Å². The van der Waals surface area contributed by atoms with E-state index >= 15 is 0 Å². The zero-order valence-corrected chi connectivity index (χ0v) is 20.6. The van der Waals surface area contributed by atoms with Crippen molar-refractivity contribution >= 4 is 38.5 Å². The number of esters is 1. The summed E-state index contributed by atoms with van der Waals surface area (Å²) in [6.07, 6.45) is 0. The van der Waals surface area contributed by atoms with Crippen LogP contribution in [-0.4, -0.2) is 49.9 Å². The number of hydrogen-bond acceptors (Lipinski definition) is 8. The highest BCUT2D eigenvalue weighted by molar-refractivity contribution is 6.03. The summed E-state index contributed by atoms with van der Waals surface area (Å²) >= 11 is 0. The lowest BCUT2D eigenvalue weighted by atomic mass is 10.0. The zero-order valence-electron chi connectivity index (χ0n) is 20.6. The van der Waals surface area contributed by atoms with Crippen LogP contribution in [0.2, 0.25) is 0 Å². The van der Waals surface area contributed by atoms with Crippen molar-refractivity contribution in [3.63, 3.8) is 0 Å². The van der Waals surface area contributed by atoms with Gasteiger partial charge in [0.1, 0.15) is 0 Å². The van der Waals surface area contributed by atoms with E-state index in [0.717, 1.165) is 10.9 Å². The first-order valence-corrected chi connectivity index (χ1v) is 12.0. The van der Waals surface area contributed by atoms with Gasteiger partial charge < -0.3 is 9.47 Å². The molecule has 10 heteroatoms. The SMILES string of the molecule is CCOc1nc2cccc(C(=O)OC)c2n1Cc1ccc2c(-c3nn[nH]n3)cc3ccccc3c(=O)c2c1. The molecule has 0 aliphatic heterocycles. The molecule has 2 aromatic heterocycles. The van der Waals surface area contributed by atoms with Crippen LogP contribution in [0.3, 0.4) is 0 Å². The van der Waals surface area contributed by atoms with E-state index in [1.165, 1.54) is 7.11 Å². The Morgan fingerprint density at radius 1 is 1.00 bits per heavy atom. The van der Waals surface area contributed by atoms with Crippen LogP contribution in [0.1, 0.15) is 22.8 Å². The van der Waals surface area contributed by atoms with Crippen LogP contribution < -0.4 is 10.2 Å². The molecule has 6 aromatic rings. The lowest BCUT2D eigenvalue weighted by Gasteiger charge is -2.11. The molecule has 0 amide bonds. The van der Waals surface area contributed by atoms with Crippen molar-refractivity contribution in [1.82, 2.24) is 30.2 Å². The predicted molar refractivity (Wildman–Crippen MR) is 142 cm³/mol. The molecule has 38 heavy (non-hydrogen) atoms. The molecule has 0 saturated carbocycles. The highest BCUT2D eigenvalue weighted by atomic mass is 16.5. The Morgan fingerprint density at radius 3 is 2.66 bits per heavy atom. The Balaban J connectivity index is 1.60. The number of carbonyl (C=O) groups is 1. The number of carbonyl (C=O) groups excluding carboxylic acids is 1. The number of nitrogens with one attached hydrogen (secondary N) is 1. The number of aromatic nitrogens is 6. The fourth-order valence-electron chi connectivity index (χ4n) is 4.79. The highest BCUT2D eigenvalue weighted by Gasteiger charge is 2.20. The third-order valence-corrected chi connectivity index (χ3v) is 6.46. The monoisotopic (exact) mass is 506 g/mol. The van der Waals surface area contributed by atoms with E-state index in [4.69, 9.17) is 9.47 Å². The summed E-state index contributed by atoms with van der Waals surface area (Å²) < 4.78 is 12.7. The minimum Gasteiger partial charge on any atom is -0.465 e. The van der Waals surface area contributed by atoms with Crippen LogP contribution in [0.15, 0.2) is 71.5 Å². The third-order valence-electron chi connectivity index (χ3n) is 6.46. The lowest BCUT2D eigenvalue weighted by Crippen LogP contribution is -2.09. The number of rotatable bonds is 6. The largest absolute Gasteiger partial charge is 0.465 e. The molecule has 188 valence electrons. The van der Waals surface area contributed by atoms with E-state index in [1.807, 2.05) is 66.1 Å². The second kappa shape index (κ2) is 9.40. The van der Waals surface area contributed by atoms with E-state index in [1.54, 1.807) is 12.1 Å². The number of benzene rings is 3. The molecule has 1 N–H and O–H groups in total. The molecule has 0 saturated heterocycles. The summed E-state index contributed by atoms with van der Waals surface area (Å²) in [5.74, 6) is -0.0751. The average Bonchev–Trinajstić information content (AvgIpc) is 3.57. The van der Waals surface area contributed by atoms with Crippen LogP contribution in [0, 0.1) is 0 Å². The number of imidazole rings is 1. The summed E-state index contributed by atoms with van der Waals surface area (Å²) in [4.78, 5) is 30.9. The number of aromatic amines is 1. The molecule has 0 bridgehead atoms. The molecule has 0 unspecified atom stereocenters. The van der Waals surface area contributed by atoms with Gasteiger partial charge in [0.15, 0.2) is 5.43 Å². The molecule has 4 aromatic carbocycles. The topological polar surface area (TPSA) is 125 Å². The van der Waals surface area contributed by atoms with Crippen LogP contribution in [0.4, 0.5) is 0 Å². The predicted octanol–water partition coefficient (Wildman–Crippen LogP) is 4.12. The smallest absolute Gasteiger partial charge is 0.340 e. The summed E-state index contributed by atoms with van der Waals surface area (Å²) in [6.45, 7) is 2.58. The van der Waals surface area contributed by atoms with Crippen molar-refractivity contribution in [1.29, 1.82) is 0 Å². The van der Waals surface area contributed by atoms with Crippen molar-refractivity contribution in [2.75, 3.05) is 13.7 Å². The fraction of sp³-hybridized carbons (Fsp3) is 0.143. The maximum absolute atomic E-state index is 13.8. The zero-order chi connectivity index (χ0) is 26.2.